The maximum absolute atomic E-state index is 2.72. The van der Waals surface area contributed by atoms with Crippen molar-refractivity contribution in [2.24, 2.45) is 0 Å². The van der Waals surface area contributed by atoms with Crippen molar-refractivity contribution in [1.82, 2.24) is 9.80 Å². The summed E-state index contributed by atoms with van der Waals surface area (Å²) in [5.41, 5.74) is 0.363. The van der Waals surface area contributed by atoms with Crippen molar-refractivity contribution < 1.29 is 0 Å². The predicted octanol–water partition coefficient (Wildman–Crippen LogP) is 2.34. The van der Waals surface area contributed by atoms with Crippen molar-refractivity contribution >= 4 is 0 Å². The van der Waals surface area contributed by atoms with Crippen LogP contribution < -0.4 is 0 Å². The summed E-state index contributed by atoms with van der Waals surface area (Å²) in [4.78, 5) is 5.38. The van der Waals surface area contributed by atoms with Gasteiger partial charge in [0.15, 0.2) is 0 Å². The first-order valence-corrected chi connectivity index (χ1v) is 6.51. The summed E-state index contributed by atoms with van der Waals surface area (Å²) < 4.78 is 0. The predicted molar refractivity (Wildman–Crippen MR) is 65.1 cm³/mol. The lowest BCUT2D eigenvalue weighted by Gasteiger charge is -2.52. The molecule has 2 aliphatic rings. The first-order chi connectivity index (χ1) is 7.00. The molecular weight excluding hydrogens is 184 g/mol. The summed E-state index contributed by atoms with van der Waals surface area (Å²) in [6, 6.07) is 1.60. The molecule has 0 radical (unpaired) electrons. The average molecular weight is 210 g/mol. The van der Waals surface area contributed by atoms with Crippen molar-refractivity contribution in [3.63, 3.8) is 0 Å². The molecule has 0 amide bonds. The number of hydrogen-bond acceptors (Lipinski definition) is 2. The Balaban J connectivity index is 1.97. The van der Waals surface area contributed by atoms with Crippen molar-refractivity contribution in [3.8, 4) is 0 Å². The lowest BCUT2D eigenvalue weighted by molar-refractivity contribution is -0.0324. The first kappa shape index (κ1) is 11.4. The Morgan fingerprint density at radius 3 is 2.20 bits per heavy atom. The van der Waals surface area contributed by atoms with Crippen LogP contribution in [0.3, 0.4) is 0 Å². The van der Waals surface area contributed by atoms with Crippen LogP contribution in [-0.2, 0) is 0 Å². The summed E-state index contributed by atoms with van der Waals surface area (Å²) in [6.07, 6.45) is 4.34. The summed E-state index contributed by atoms with van der Waals surface area (Å²) in [6.45, 7) is 13.2. The monoisotopic (exact) mass is 210 g/mol. The van der Waals surface area contributed by atoms with Crippen LogP contribution in [-0.4, -0.2) is 47.1 Å². The zero-order valence-electron chi connectivity index (χ0n) is 10.8. The van der Waals surface area contributed by atoms with E-state index >= 15 is 0 Å². The van der Waals surface area contributed by atoms with Gasteiger partial charge in [-0.25, -0.2) is 0 Å². The molecule has 0 aromatic carbocycles. The molecule has 2 heteroatoms. The molecular formula is C13H26N2. The van der Waals surface area contributed by atoms with Crippen molar-refractivity contribution in [2.75, 3.05) is 19.6 Å². The Labute approximate surface area is 94.6 Å². The molecule has 88 valence electrons. The molecule has 15 heavy (non-hydrogen) atoms. The third-order valence-electron chi connectivity index (χ3n) is 4.21. The molecule has 0 atom stereocenters. The first-order valence-electron chi connectivity index (χ1n) is 6.51. The van der Waals surface area contributed by atoms with Gasteiger partial charge in [0, 0.05) is 37.3 Å². The molecule has 1 aliphatic heterocycles. The molecule has 1 saturated heterocycles. The lowest BCUT2D eigenvalue weighted by atomic mass is 9.88. The summed E-state index contributed by atoms with van der Waals surface area (Å²) in [5.74, 6) is 0. The van der Waals surface area contributed by atoms with Gasteiger partial charge in [-0.1, -0.05) is 6.42 Å². The highest BCUT2D eigenvalue weighted by Gasteiger charge is 2.38. The van der Waals surface area contributed by atoms with E-state index in [0.29, 0.717) is 11.6 Å². The second-order valence-electron chi connectivity index (χ2n) is 6.15. The second-order valence-corrected chi connectivity index (χ2v) is 6.15. The highest BCUT2D eigenvalue weighted by molar-refractivity contribution is 4.95. The molecule has 1 heterocycles. The standard InChI is InChI=1S/C13H26N2/c1-11(2)15-9-8-14(10-13(15,3)4)12-6-5-7-12/h11-12H,5-10H2,1-4H3. The SMILES string of the molecule is CC(C)N1CCN(C2CCC2)CC1(C)C. The number of rotatable bonds is 2. The zero-order chi connectivity index (χ0) is 11.1. The number of hydrogen-bond donors (Lipinski definition) is 0. The fourth-order valence-electron chi connectivity index (χ4n) is 3.23. The maximum atomic E-state index is 2.72. The minimum Gasteiger partial charge on any atom is -0.297 e. The highest BCUT2D eigenvalue weighted by Crippen LogP contribution is 2.30. The fourth-order valence-corrected chi connectivity index (χ4v) is 3.23. The van der Waals surface area contributed by atoms with Gasteiger partial charge >= 0.3 is 0 Å². The van der Waals surface area contributed by atoms with Gasteiger partial charge in [0.25, 0.3) is 0 Å². The Bertz CT molecular complexity index is 219. The minimum absolute atomic E-state index is 0.363. The summed E-state index contributed by atoms with van der Waals surface area (Å²) in [7, 11) is 0. The minimum atomic E-state index is 0.363. The van der Waals surface area contributed by atoms with E-state index in [9.17, 15) is 0 Å². The maximum Gasteiger partial charge on any atom is 0.0283 e. The summed E-state index contributed by atoms with van der Waals surface area (Å²) >= 11 is 0. The van der Waals surface area contributed by atoms with Crippen LogP contribution in [0.15, 0.2) is 0 Å². The zero-order valence-corrected chi connectivity index (χ0v) is 10.8. The van der Waals surface area contributed by atoms with Crippen LogP contribution >= 0.6 is 0 Å². The molecule has 0 aromatic heterocycles. The largest absolute Gasteiger partial charge is 0.297 e. The number of nitrogens with zero attached hydrogens (tertiary/aromatic N) is 2. The quantitative estimate of drug-likeness (QED) is 0.690. The Morgan fingerprint density at radius 1 is 1.13 bits per heavy atom. The molecule has 2 nitrogen and oxygen atoms in total. The van der Waals surface area contributed by atoms with Gasteiger partial charge in [-0.05, 0) is 40.5 Å². The van der Waals surface area contributed by atoms with Crippen molar-refractivity contribution in [1.29, 1.82) is 0 Å². The third-order valence-corrected chi connectivity index (χ3v) is 4.21. The van der Waals surface area contributed by atoms with Crippen molar-refractivity contribution in [2.45, 2.75) is 64.6 Å². The van der Waals surface area contributed by atoms with E-state index in [4.69, 9.17) is 0 Å². The van der Waals surface area contributed by atoms with Crippen LogP contribution in [0.1, 0.15) is 47.0 Å². The molecule has 0 unspecified atom stereocenters. The van der Waals surface area contributed by atoms with Gasteiger partial charge < -0.3 is 0 Å². The van der Waals surface area contributed by atoms with Crippen LogP contribution in [0.25, 0.3) is 0 Å². The molecule has 0 aromatic rings. The molecule has 1 aliphatic carbocycles. The number of piperazine rings is 1. The van der Waals surface area contributed by atoms with E-state index in [1.54, 1.807) is 0 Å². The third kappa shape index (κ3) is 2.21. The topological polar surface area (TPSA) is 6.48 Å². The van der Waals surface area contributed by atoms with Gasteiger partial charge in [-0.2, -0.15) is 0 Å². The Kier molecular flexibility index (Phi) is 3.09. The van der Waals surface area contributed by atoms with E-state index < -0.39 is 0 Å². The van der Waals surface area contributed by atoms with Crippen LogP contribution in [0.2, 0.25) is 0 Å². The molecule has 2 fully saturated rings. The molecule has 0 spiro atoms. The van der Waals surface area contributed by atoms with Gasteiger partial charge in [0.1, 0.15) is 0 Å². The Morgan fingerprint density at radius 2 is 1.80 bits per heavy atom. The van der Waals surface area contributed by atoms with Crippen LogP contribution in [0.5, 0.6) is 0 Å². The molecule has 1 saturated carbocycles. The van der Waals surface area contributed by atoms with E-state index in [2.05, 4.69) is 37.5 Å². The van der Waals surface area contributed by atoms with E-state index in [1.807, 2.05) is 0 Å². The van der Waals surface area contributed by atoms with E-state index in [0.717, 1.165) is 6.04 Å². The van der Waals surface area contributed by atoms with Gasteiger partial charge in [-0.15, -0.1) is 0 Å². The van der Waals surface area contributed by atoms with Gasteiger partial charge in [0.05, 0.1) is 0 Å². The van der Waals surface area contributed by atoms with Crippen molar-refractivity contribution in [3.05, 3.63) is 0 Å². The smallest absolute Gasteiger partial charge is 0.0283 e. The van der Waals surface area contributed by atoms with Gasteiger partial charge in [0.2, 0.25) is 0 Å². The molecule has 2 rings (SSSR count). The normalized spacial score (nSPS) is 29.4. The molecule has 0 N–H and O–H groups in total. The van der Waals surface area contributed by atoms with Crippen LogP contribution in [0.4, 0.5) is 0 Å². The molecule has 0 bridgehead atoms. The second kappa shape index (κ2) is 4.06. The average Bonchev–Trinajstić information content (AvgIpc) is 1.97. The highest BCUT2D eigenvalue weighted by atomic mass is 15.3. The Hall–Kier alpha value is -0.0800. The van der Waals surface area contributed by atoms with Crippen LogP contribution in [0, 0.1) is 0 Å². The van der Waals surface area contributed by atoms with Gasteiger partial charge in [-0.3, -0.25) is 9.80 Å². The van der Waals surface area contributed by atoms with E-state index in [1.165, 1.54) is 38.9 Å². The lowest BCUT2D eigenvalue weighted by Crippen LogP contribution is -2.63. The van der Waals surface area contributed by atoms with E-state index in [-0.39, 0.29) is 0 Å². The summed E-state index contributed by atoms with van der Waals surface area (Å²) in [5, 5.41) is 0. The fraction of sp³-hybridized carbons (Fsp3) is 1.00.